The van der Waals surface area contributed by atoms with Gasteiger partial charge in [0.25, 0.3) is 5.91 Å². The highest BCUT2D eigenvalue weighted by atomic mass is 32.1. The van der Waals surface area contributed by atoms with E-state index in [0.717, 1.165) is 6.42 Å². The maximum atomic E-state index is 12.8. The fourth-order valence-electron chi connectivity index (χ4n) is 1.94. The lowest BCUT2D eigenvalue weighted by atomic mass is 10.2. The van der Waals surface area contributed by atoms with Crippen LogP contribution >= 0.6 is 11.3 Å². The average Bonchev–Trinajstić information content (AvgIpc) is 3.08. The highest BCUT2D eigenvalue weighted by molar-refractivity contribution is 7.09. The second kappa shape index (κ2) is 9.02. The molecule has 0 saturated carbocycles. The number of thiophene rings is 1. The molecule has 2 rings (SSSR count). The summed E-state index contributed by atoms with van der Waals surface area (Å²) in [5.41, 5.74) is 4.69. The van der Waals surface area contributed by atoms with Crippen molar-refractivity contribution < 1.29 is 18.7 Å². The predicted octanol–water partition coefficient (Wildman–Crippen LogP) is 2.82. The first kappa shape index (κ1) is 17.9. The fourth-order valence-corrected chi connectivity index (χ4v) is 2.70. The van der Waals surface area contributed by atoms with Crippen molar-refractivity contribution in [3.8, 4) is 5.75 Å². The molecule has 0 fully saturated rings. The number of carbonyl (C=O) groups excluding carboxylic acids is 2. The van der Waals surface area contributed by atoms with Crippen LogP contribution in [-0.4, -0.2) is 17.9 Å². The number of rotatable bonds is 7. The van der Waals surface area contributed by atoms with Crippen molar-refractivity contribution in [2.75, 3.05) is 0 Å². The summed E-state index contributed by atoms with van der Waals surface area (Å²) in [4.78, 5) is 24.8. The first-order valence-electron chi connectivity index (χ1n) is 7.58. The maximum absolute atomic E-state index is 12.8. The lowest BCUT2D eigenvalue weighted by Crippen LogP contribution is -2.47. The Balaban J connectivity index is 1.65. The predicted molar refractivity (Wildman–Crippen MR) is 90.0 cm³/mol. The minimum atomic E-state index is -0.818. The van der Waals surface area contributed by atoms with Gasteiger partial charge in [-0.15, -0.1) is 11.3 Å². The molecule has 0 aliphatic carbocycles. The molecular formula is C17H19FN2O3S. The summed E-state index contributed by atoms with van der Waals surface area (Å²) in [6.07, 6.45) is 1.06. The molecule has 1 atom stereocenters. The van der Waals surface area contributed by atoms with E-state index in [0.29, 0.717) is 18.6 Å². The highest BCUT2D eigenvalue weighted by Gasteiger charge is 2.15. The number of benzene rings is 1. The van der Waals surface area contributed by atoms with Gasteiger partial charge in [-0.25, -0.2) is 4.39 Å². The van der Waals surface area contributed by atoms with Gasteiger partial charge in [0.2, 0.25) is 5.91 Å². The number of hydrogen-bond donors (Lipinski definition) is 2. The molecular weight excluding hydrogens is 331 g/mol. The van der Waals surface area contributed by atoms with Crippen LogP contribution < -0.4 is 15.6 Å². The molecule has 7 heteroatoms. The van der Waals surface area contributed by atoms with Crippen LogP contribution in [0.3, 0.4) is 0 Å². The number of hydrazine groups is 1. The Kier molecular flexibility index (Phi) is 6.74. The molecule has 0 saturated heterocycles. The van der Waals surface area contributed by atoms with E-state index in [1.165, 1.54) is 29.1 Å². The normalized spacial score (nSPS) is 11.6. The summed E-state index contributed by atoms with van der Waals surface area (Å²) in [5, 5.41) is 2.00. The van der Waals surface area contributed by atoms with Crippen LogP contribution in [0.4, 0.5) is 4.39 Å². The molecule has 128 valence electrons. The van der Waals surface area contributed by atoms with E-state index in [4.69, 9.17) is 4.74 Å². The van der Waals surface area contributed by atoms with Crippen molar-refractivity contribution in [3.63, 3.8) is 0 Å². The van der Waals surface area contributed by atoms with Crippen molar-refractivity contribution in [3.05, 3.63) is 52.5 Å². The van der Waals surface area contributed by atoms with Gasteiger partial charge in [0.05, 0.1) is 0 Å². The SMILES string of the molecule is C[C@@H](Oc1ccc(F)cc1)C(=O)NNC(=O)CCCc1cccs1. The molecule has 2 aromatic rings. The van der Waals surface area contributed by atoms with Crippen LogP contribution in [0.1, 0.15) is 24.6 Å². The number of amides is 2. The zero-order chi connectivity index (χ0) is 17.4. The standard InChI is InChI=1S/C17H19FN2O3S/c1-12(23-14-9-7-13(18)8-10-14)17(22)20-19-16(21)6-2-4-15-5-3-11-24-15/h3,5,7-12H,2,4,6H2,1H3,(H,19,21)(H,20,22)/t12-/m1/s1. The molecule has 5 nitrogen and oxygen atoms in total. The van der Waals surface area contributed by atoms with Gasteiger partial charge in [-0.1, -0.05) is 6.07 Å². The van der Waals surface area contributed by atoms with E-state index in [1.807, 2.05) is 17.5 Å². The summed E-state index contributed by atoms with van der Waals surface area (Å²) in [6.45, 7) is 1.54. The summed E-state index contributed by atoms with van der Waals surface area (Å²) in [7, 11) is 0. The first-order chi connectivity index (χ1) is 11.5. The molecule has 1 heterocycles. The second-order valence-electron chi connectivity index (χ2n) is 5.18. The quantitative estimate of drug-likeness (QED) is 0.755. The molecule has 0 aliphatic rings. The van der Waals surface area contributed by atoms with Crippen LogP contribution in [-0.2, 0) is 16.0 Å². The van der Waals surface area contributed by atoms with E-state index >= 15 is 0 Å². The van der Waals surface area contributed by atoms with Crippen molar-refractivity contribution in [1.29, 1.82) is 0 Å². The molecule has 0 aliphatic heterocycles. The molecule has 2 amide bonds. The zero-order valence-electron chi connectivity index (χ0n) is 13.3. The topological polar surface area (TPSA) is 67.4 Å². The molecule has 1 aromatic carbocycles. The molecule has 1 aromatic heterocycles. The van der Waals surface area contributed by atoms with Crippen molar-refractivity contribution in [2.24, 2.45) is 0 Å². The summed E-state index contributed by atoms with van der Waals surface area (Å²) in [6, 6.07) is 9.36. The van der Waals surface area contributed by atoms with E-state index in [2.05, 4.69) is 10.9 Å². The Hall–Kier alpha value is -2.41. The third kappa shape index (κ3) is 6.00. The fraction of sp³-hybridized carbons (Fsp3) is 0.294. The van der Waals surface area contributed by atoms with E-state index in [1.54, 1.807) is 18.3 Å². The molecule has 0 radical (unpaired) electrons. The van der Waals surface area contributed by atoms with E-state index < -0.39 is 12.0 Å². The summed E-state index contributed by atoms with van der Waals surface area (Å²) in [5.74, 6) is -0.740. The Labute approximate surface area is 143 Å². The summed E-state index contributed by atoms with van der Waals surface area (Å²) < 4.78 is 18.2. The van der Waals surface area contributed by atoms with E-state index in [9.17, 15) is 14.0 Å². The van der Waals surface area contributed by atoms with Gasteiger partial charge in [0.1, 0.15) is 11.6 Å². The zero-order valence-corrected chi connectivity index (χ0v) is 14.1. The van der Waals surface area contributed by atoms with Crippen LogP contribution in [0, 0.1) is 5.82 Å². The van der Waals surface area contributed by atoms with Crippen LogP contribution in [0.25, 0.3) is 0 Å². The van der Waals surface area contributed by atoms with Gasteiger partial charge >= 0.3 is 0 Å². The van der Waals surface area contributed by atoms with Gasteiger partial charge in [-0.2, -0.15) is 0 Å². The largest absolute Gasteiger partial charge is 0.481 e. The minimum Gasteiger partial charge on any atom is -0.481 e. The van der Waals surface area contributed by atoms with Gasteiger partial charge in [-0.3, -0.25) is 20.4 Å². The van der Waals surface area contributed by atoms with Crippen molar-refractivity contribution >= 4 is 23.2 Å². The molecule has 0 spiro atoms. The van der Waals surface area contributed by atoms with Gasteiger partial charge < -0.3 is 4.74 Å². The number of halogens is 1. The maximum Gasteiger partial charge on any atom is 0.279 e. The Morgan fingerprint density at radius 3 is 2.62 bits per heavy atom. The van der Waals surface area contributed by atoms with Gasteiger partial charge in [0, 0.05) is 11.3 Å². The minimum absolute atomic E-state index is 0.256. The molecule has 0 unspecified atom stereocenters. The Bertz CT molecular complexity index is 659. The first-order valence-corrected chi connectivity index (χ1v) is 8.46. The molecule has 2 N–H and O–H groups in total. The van der Waals surface area contributed by atoms with Gasteiger partial charge in [0.15, 0.2) is 6.10 Å². The number of carbonyl (C=O) groups is 2. The van der Waals surface area contributed by atoms with Crippen molar-refractivity contribution in [1.82, 2.24) is 10.9 Å². The average molecular weight is 350 g/mol. The highest BCUT2D eigenvalue weighted by Crippen LogP contribution is 2.13. The number of nitrogens with one attached hydrogen (secondary N) is 2. The molecule has 0 bridgehead atoms. The third-order valence-electron chi connectivity index (χ3n) is 3.23. The Morgan fingerprint density at radius 2 is 1.96 bits per heavy atom. The molecule has 24 heavy (non-hydrogen) atoms. The third-order valence-corrected chi connectivity index (χ3v) is 4.16. The number of hydrogen-bond acceptors (Lipinski definition) is 4. The van der Waals surface area contributed by atoms with Gasteiger partial charge in [-0.05, 0) is 55.5 Å². The number of ether oxygens (including phenoxy) is 1. The van der Waals surface area contributed by atoms with Crippen LogP contribution in [0.15, 0.2) is 41.8 Å². The van der Waals surface area contributed by atoms with Crippen molar-refractivity contribution in [2.45, 2.75) is 32.3 Å². The smallest absolute Gasteiger partial charge is 0.279 e. The van der Waals surface area contributed by atoms with E-state index in [-0.39, 0.29) is 11.7 Å². The van der Waals surface area contributed by atoms with Crippen LogP contribution in [0.2, 0.25) is 0 Å². The lowest BCUT2D eigenvalue weighted by molar-refractivity contribution is -0.132. The monoisotopic (exact) mass is 350 g/mol. The number of aryl methyl sites for hydroxylation is 1. The second-order valence-corrected chi connectivity index (χ2v) is 6.22. The summed E-state index contributed by atoms with van der Waals surface area (Å²) >= 11 is 1.66. The lowest BCUT2D eigenvalue weighted by Gasteiger charge is -2.15. The van der Waals surface area contributed by atoms with Crippen LogP contribution in [0.5, 0.6) is 5.75 Å². The Morgan fingerprint density at radius 1 is 1.21 bits per heavy atom.